The molecular formula is C31H36FN5O. The van der Waals surface area contributed by atoms with Crippen LogP contribution < -0.4 is 10.2 Å². The molecule has 1 spiro atoms. The van der Waals surface area contributed by atoms with Gasteiger partial charge in [0, 0.05) is 48.9 Å². The summed E-state index contributed by atoms with van der Waals surface area (Å²) in [6.45, 7) is 3.89. The van der Waals surface area contributed by atoms with Gasteiger partial charge in [0.2, 0.25) is 0 Å². The smallest absolute Gasteiger partial charge is 0.350 e. The van der Waals surface area contributed by atoms with Crippen LogP contribution in [-0.4, -0.2) is 45.5 Å². The third-order valence-corrected chi connectivity index (χ3v) is 8.55. The average molecular weight is 514 g/mol. The van der Waals surface area contributed by atoms with Crippen molar-refractivity contribution in [2.75, 3.05) is 11.4 Å². The van der Waals surface area contributed by atoms with Gasteiger partial charge in [-0.25, -0.2) is 9.18 Å². The Labute approximate surface area is 224 Å². The predicted octanol–water partition coefficient (Wildman–Crippen LogP) is 6.30. The Kier molecular flexibility index (Phi) is 6.78. The Balaban J connectivity index is 1.26. The second kappa shape index (κ2) is 10.4. The number of amidine groups is 1. The molecule has 6 nitrogen and oxygen atoms in total. The van der Waals surface area contributed by atoms with Gasteiger partial charge in [-0.1, -0.05) is 37.5 Å². The van der Waals surface area contributed by atoms with E-state index >= 15 is 0 Å². The topological polar surface area (TPSA) is 52.9 Å². The molecular weight excluding hydrogens is 477 g/mol. The molecule has 198 valence electrons. The number of carbonyl (C=O) groups is 1. The Morgan fingerprint density at radius 1 is 1.00 bits per heavy atom. The van der Waals surface area contributed by atoms with Crippen molar-refractivity contribution < 1.29 is 9.18 Å². The van der Waals surface area contributed by atoms with E-state index in [9.17, 15) is 9.18 Å². The van der Waals surface area contributed by atoms with Crippen LogP contribution in [0.1, 0.15) is 57.4 Å². The summed E-state index contributed by atoms with van der Waals surface area (Å²) >= 11 is 0. The highest BCUT2D eigenvalue weighted by Gasteiger charge is 2.53. The number of halogens is 1. The molecule has 2 fully saturated rings. The average Bonchev–Trinajstić information content (AvgIpc) is 3.54. The van der Waals surface area contributed by atoms with Crippen LogP contribution in [0.15, 0.2) is 78.0 Å². The molecule has 0 radical (unpaired) electrons. The van der Waals surface area contributed by atoms with Crippen molar-refractivity contribution in [1.82, 2.24) is 14.8 Å². The van der Waals surface area contributed by atoms with Crippen molar-refractivity contribution in [3.8, 4) is 5.69 Å². The largest absolute Gasteiger partial charge is 0.369 e. The number of aromatic nitrogens is 1. The number of nitrogens with one attached hydrogen (secondary N) is 1. The number of nitrogens with zero attached hydrogens (tertiary/aromatic N) is 4. The number of hydrogen-bond donors (Lipinski definition) is 1. The molecule has 2 aliphatic heterocycles. The van der Waals surface area contributed by atoms with Crippen LogP contribution in [0.3, 0.4) is 0 Å². The van der Waals surface area contributed by atoms with Gasteiger partial charge in [-0.3, -0.25) is 9.80 Å². The zero-order valence-electron chi connectivity index (χ0n) is 22.0. The summed E-state index contributed by atoms with van der Waals surface area (Å²) in [5.74, 6) is 0.437. The third kappa shape index (κ3) is 4.75. The van der Waals surface area contributed by atoms with E-state index < -0.39 is 5.54 Å². The number of hydrogen-bond acceptors (Lipinski definition) is 3. The molecule has 1 aliphatic carbocycles. The molecule has 7 heteroatoms. The van der Waals surface area contributed by atoms with Gasteiger partial charge >= 0.3 is 6.03 Å². The fraction of sp³-hybridized carbons (Fsp3) is 0.419. The normalized spacial score (nSPS) is 24.7. The number of anilines is 1. The quantitative estimate of drug-likeness (QED) is 0.436. The lowest BCUT2D eigenvalue weighted by Crippen LogP contribution is -2.63. The first-order chi connectivity index (χ1) is 18.5. The van der Waals surface area contributed by atoms with Gasteiger partial charge in [-0.15, -0.1) is 0 Å². The molecule has 1 N–H and O–H groups in total. The summed E-state index contributed by atoms with van der Waals surface area (Å²) in [7, 11) is 0. The van der Waals surface area contributed by atoms with Crippen LogP contribution in [0.5, 0.6) is 0 Å². The molecule has 1 aromatic heterocycles. The molecule has 3 heterocycles. The highest BCUT2D eigenvalue weighted by atomic mass is 19.1. The van der Waals surface area contributed by atoms with Crippen LogP contribution in [0.2, 0.25) is 0 Å². The first-order valence-electron chi connectivity index (χ1n) is 13.9. The van der Waals surface area contributed by atoms with E-state index in [1.165, 1.54) is 37.0 Å². The van der Waals surface area contributed by atoms with Crippen molar-refractivity contribution in [1.29, 1.82) is 0 Å². The van der Waals surface area contributed by atoms with Crippen molar-refractivity contribution in [2.45, 2.75) is 76.0 Å². The zero-order valence-corrected chi connectivity index (χ0v) is 22.0. The fourth-order valence-corrected chi connectivity index (χ4v) is 6.60. The van der Waals surface area contributed by atoms with Gasteiger partial charge in [-0.05, 0) is 80.6 Å². The highest BCUT2D eigenvalue weighted by Crippen LogP contribution is 2.41. The van der Waals surface area contributed by atoms with Gasteiger partial charge in [-0.2, -0.15) is 4.99 Å². The highest BCUT2D eigenvalue weighted by molar-refractivity contribution is 6.16. The van der Waals surface area contributed by atoms with Crippen LogP contribution >= 0.6 is 0 Å². The number of piperidine rings is 1. The molecule has 1 saturated heterocycles. The van der Waals surface area contributed by atoms with Gasteiger partial charge in [0.1, 0.15) is 17.2 Å². The molecule has 6 rings (SSSR count). The monoisotopic (exact) mass is 513 g/mol. The van der Waals surface area contributed by atoms with E-state index in [1.807, 2.05) is 18.2 Å². The summed E-state index contributed by atoms with van der Waals surface area (Å²) in [6, 6.07) is 19.4. The predicted molar refractivity (Wildman–Crippen MR) is 149 cm³/mol. The summed E-state index contributed by atoms with van der Waals surface area (Å²) in [5, 5.41) is 3.70. The first-order valence-corrected chi connectivity index (χ1v) is 13.9. The Morgan fingerprint density at radius 3 is 2.53 bits per heavy atom. The summed E-state index contributed by atoms with van der Waals surface area (Å²) in [5.41, 5.74) is 2.40. The van der Waals surface area contributed by atoms with Crippen LogP contribution in [0.4, 0.5) is 14.9 Å². The Bertz CT molecular complexity index is 1320. The Hall–Kier alpha value is -3.45. The molecule has 3 aromatic rings. The summed E-state index contributed by atoms with van der Waals surface area (Å²) in [6.07, 6.45) is 11.5. The van der Waals surface area contributed by atoms with Crippen molar-refractivity contribution in [2.24, 2.45) is 4.99 Å². The van der Waals surface area contributed by atoms with E-state index in [-0.39, 0.29) is 17.9 Å². The SMILES string of the molecule is C[C@H]1C[C@]2(CCN1Cc1cccc(-n3cccc3)c1)C(NC1CCCCC1)=NC(=O)N2c1cccc(F)c1. The van der Waals surface area contributed by atoms with Crippen molar-refractivity contribution in [3.63, 3.8) is 0 Å². The number of urea groups is 1. The lowest BCUT2D eigenvalue weighted by Gasteiger charge is -2.48. The number of carbonyl (C=O) groups excluding carboxylic acids is 1. The first kappa shape index (κ1) is 24.9. The van der Waals surface area contributed by atoms with Gasteiger partial charge in [0.05, 0.1) is 0 Å². The molecule has 2 aromatic carbocycles. The molecule has 3 aliphatic rings. The van der Waals surface area contributed by atoms with Crippen LogP contribution in [0, 0.1) is 5.82 Å². The zero-order chi connectivity index (χ0) is 26.1. The van der Waals surface area contributed by atoms with Crippen molar-refractivity contribution >= 4 is 17.6 Å². The van der Waals surface area contributed by atoms with E-state index in [1.54, 1.807) is 11.0 Å². The second-order valence-corrected chi connectivity index (χ2v) is 11.1. The molecule has 38 heavy (non-hydrogen) atoms. The molecule has 2 amide bonds. The summed E-state index contributed by atoms with van der Waals surface area (Å²) < 4.78 is 16.4. The number of aliphatic imine (C=N–C) groups is 1. The van der Waals surface area contributed by atoms with Crippen LogP contribution in [0.25, 0.3) is 5.69 Å². The van der Waals surface area contributed by atoms with Crippen molar-refractivity contribution in [3.05, 3.63) is 84.4 Å². The third-order valence-electron chi connectivity index (χ3n) is 8.55. The van der Waals surface area contributed by atoms with Gasteiger partial charge < -0.3 is 9.88 Å². The number of rotatable bonds is 5. The summed E-state index contributed by atoms with van der Waals surface area (Å²) in [4.78, 5) is 22.2. The van der Waals surface area contributed by atoms with Gasteiger partial charge in [0.15, 0.2) is 0 Å². The number of benzene rings is 2. The maximum absolute atomic E-state index is 14.3. The van der Waals surface area contributed by atoms with Gasteiger partial charge in [0.25, 0.3) is 0 Å². The van der Waals surface area contributed by atoms with E-state index in [0.29, 0.717) is 11.7 Å². The van der Waals surface area contributed by atoms with E-state index in [0.717, 1.165) is 50.3 Å². The van der Waals surface area contributed by atoms with E-state index in [2.05, 4.69) is 63.4 Å². The fourth-order valence-electron chi connectivity index (χ4n) is 6.60. The standard InChI is InChI=1S/C31H36FN5O/c1-23-21-31(15-18-36(23)22-24-9-7-13-27(19-24)35-16-5-6-17-35)29(33-26-11-3-2-4-12-26)34-30(38)37(31)28-14-8-10-25(32)20-28/h5-10,13-14,16-17,19-20,23,26H,2-4,11-12,15,18,21-22H2,1H3,(H,33,34,38)/t23-,31+/m0/s1. The second-order valence-electron chi connectivity index (χ2n) is 11.1. The minimum absolute atomic E-state index is 0.208. The lowest BCUT2D eigenvalue weighted by molar-refractivity contribution is 0.122. The minimum atomic E-state index is -0.592. The Morgan fingerprint density at radius 2 is 1.76 bits per heavy atom. The van der Waals surface area contributed by atoms with Crippen LogP contribution in [-0.2, 0) is 6.54 Å². The number of amides is 2. The lowest BCUT2D eigenvalue weighted by atomic mass is 9.80. The molecule has 0 unspecified atom stereocenters. The molecule has 2 atom stereocenters. The maximum atomic E-state index is 14.3. The molecule has 0 bridgehead atoms. The number of likely N-dealkylation sites (tertiary alicyclic amines) is 1. The minimum Gasteiger partial charge on any atom is -0.369 e. The molecule has 1 saturated carbocycles. The maximum Gasteiger partial charge on any atom is 0.350 e. The van der Waals surface area contributed by atoms with E-state index in [4.69, 9.17) is 0 Å².